The van der Waals surface area contributed by atoms with Crippen LogP contribution >= 0.6 is 0 Å². The van der Waals surface area contributed by atoms with E-state index < -0.39 is 0 Å². The molecular weight excluding hydrogens is 823 g/mol. The van der Waals surface area contributed by atoms with E-state index >= 15 is 0 Å². The van der Waals surface area contributed by atoms with Gasteiger partial charge in [-0.2, -0.15) is 5.10 Å². The van der Waals surface area contributed by atoms with Gasteiger partial charge >= 0.3 is 0 Å². The van der Waals surface area contributed by atoms with E-state index in [1.807, 2.05) is 85.3 Å². The minimum atomic E-state index is 0.170. The van der Waals surface area contributed by atoms with Crippen molar-refractivity contribution in [3.05, 3.63) is 174 Å². The molecule has 66 heavy (non-hydrogen) atoms. The predicted molar refractivity (Wildman–Crippen MR) is 271 cm³/mol. The van der Waals surface area contributed by atoms with E-state index in [1.165, 1.54) is 17.6 Å². The molecule has 2 aliphatic rings. The Kier molecular flexibility index (Phi) is 14.4. The second-order valence-corrected chi connectivity index (χ2v) is 17.3. The molecule has 0 saturated carbocycles. The van der Waals surface area contributed by atoms with Crippen LogP contribution in [0.2, 0.25) is 0 Å². The number of fused-ring (bicyclic) bond motifs is 2. The van der Waals surface area contributed by atoms with Gasteiger partial charge in [0, 0.05) is 65.3 Å². The summed E-state index contributed by atoms with van der Waals surface area (Å²) < 4.78 is 12.7. The number of aliphatic imine (C=N–C) groups is 1. The van der Waals surface area contributed by atoms with Crippen LogP contribution in [-0.2, 0) is 5.41 Å². The normalized spacial score (nSPS) is 15.3. The Morgan fingerprint density at radius 2 is 1.79 bits per heavy atom. The number of methoxy groups -OCH3 is 2. The van der Waals surface area contributed by atoms with E-state index in [1.54, 1.807) is 26.5 Å². The summed E-state index contributed by atoms with van der Waals surface area (Å²) >= 11 is 0. The number of aromatic amines is 1. The third kappa shape index (κ3) is 10.7. The number of benzene rings is 3. The SMILES string of the molecule is C=C1C(Nc2ccc(C(C)(C)CCC)cc2)=NC(c2ccc3cn[nH]c3c2)=CN1/C=C\C.COc1ccc(Nc2nc(C3=CCC(/C=C\C(O)=C(C)C)C(C)=C3)cn3ccnc23)cc1OC. The Morgan fingerprint density at radius 3 is 2.50 bits per heavy atom. The average Bonchev–Trinajstić information content (AvgIpc) is 4.00. The number of aliphatic hydroxyl groups excluding tert-OH is 1. The van der Waals surface area contributed by atoms with Gasteiger partial charge < -0.3 is 34.5 Å². The van der Waals surface area contributed by atoms with Gasteiger partial charge in [-0.15, -0.1) is 0 Å². The zero-order valence-corrected chi connectivity index (χ0v) is 39.5. The number of anilines is 3. The van der Waals surface area contributed by atoms with Crippen molar-refractivity contribution >= 4 is 50.8 Å². The Balaban J connectivity index is 0.000000197. The summed E-state index contributed by atoms with van der Waals surface area (Å²) in [5.74, 6) is 3.24. The third-order valence-electron chi connectivity index (χ3n) is 11.8. The van der Waals surface area contributed by atoms with Crippen molar-refractivity contribution in [1.29, 1.82) is 0 Å². The number of H-pyrrole nitrogens is 1. The van der Waals surface area contributed by atoms with Gasteiger partial charge in [0.25, 0.3) is 0 Å². The number of imidazole rings is 1. The maximum atomic E-state index is 9.98. The number of hydrogen-bond acceptors (Lipinski definition) is 10. The van der Waals surface area contributed by atoms with Crippen LogP contribution < -0.4 is 20.1 Å². The molecule has 1 atom stereocenters. The first-order valence-corrected chi connectivity index (χ1v) is 22.3. The van der Waals surface area contributed by atoms with Gasteiger partial charge in [-0.25, -0.2) is 15.0 Å². The fourth-order valence-corrected chi connectivity index (χ4v) is 7.92. The highest BCUT2D eigenvalue weighted by Crippen LogP contribution is 2.35. The largest absolute Gasteiger partial charge is 0.508 e. The lowest BCUT2D eigenvalue weighted by Crippen LogP contribution is -2.26. The van der Waals surface area contributed by atoms with E-state index in [2.05, 4.69) is 121 Å². The highest BCUT2D eigenvalue weighted by atomic mass is 16.5. The molecule has 0 amide bonds. The number of aliphatic hydroxyl groups is 1. The van der Waals surface area contributed by atoms with Crippen LogP contribution in [-0.4, -0.2) is 54.6 Å². The number of amidine groups is 1. The van der Waals surface area contributed by atoms with Gasteiger partial charge in [0.15, 0.2) is 28.8 Å². The molecule has 1 unspecified atom stereocenters. The molecule has 0 bridgehead atoms. The molecule has 340 valence electrons. The molecule has 1 aliphatic heterocycles. The van der Waals surface area contributed by atoms with Crippen molar-refractivity contribution < 1.29 is 14.6 Å². The number of nitrogens with zero attached hydrogens (tertiary/aromatic N) is 6. The highest BCUT2D eigenvalue weighted by Gasteiger charge is 2.22. The van der Waals surface area contributed by atoms with Crippen molar-refractivity contribution in [3.63, 3.8) is 0 Å². The number of ether oxygens (including phenoxy) is 2. The smallest absolute Gasteiger partial charge is 0.180 e. The van der Waals surface area contributed by atoms with Crippen molar-refractivity contribution in [1.82, 2.24) is 29.5 Å². The molecule has 3 aromatic carbocycles. The summed E-state index contributed by atoms with van der Waals surface area (Å²) in [6.07, 6.45) is 24.8. The summed E-state index contributed by atoms with van der Waals surface area (Å²) in [7, 11) is 3.23. The number of nitrogens with one attached hydrogen (secondary N) is 3. The van der Waals surface area contributed by atoms with Crippen molar-refractivity contribution in [2.45, 2.75) is 73.1 Å². The third-order valence-corrected chi connectivity index (χ3v) is 11.8. The van der Waals surface area contributed by atoms with Crippen molar-refractivity contribution in [3.8, 4) is 11.5 Å². The van der Waals surface area contributed by atoms with Crippen molar-refractivity contribution in [2.75, 3.05) is 24.9 Å². The molecule has 0 radical (unpaired) electrons. The van der Waals surface area contributed by atoms with Crippen LogP contribution in [0.5, 0.6) is 11.5 Å². The highest BCUT2D eigenvalue weighted by molar-refractivity contribution is 6.11. The molecule has 0 saturated heterocycles. The minimum Gasteiger partial charge on any atom is -0.508 e. The molecule has 0 spiro atoms. The Bertz CT molecular complexity index is 2940. The van der Waals surface area contributed by atoms with E-state index in [9.17, 15) is 5.11 Å². The molecule has 0 fully saturated rings. The van der Waals surface area contributed by atoms with Crippen LogP contribution in [0.1, 0.15) is 84.5 Å². The molecule has 8 rings (SSSR count). The fourth-order valence-electron chi connectivity index (χ4n) is 7.92. The summed E-state index contributed by atoms with van der Waals surface area (Å²) in [5, 5.41) is 25.1. The van der Waals surface area contributed by atoms with Gasteiger partial charge in [0.2, 0.25) is 0 Å². The van der Waals surface area contributed by atoms with Crippen molar-refractivity contribution in [2.24, 2.45) is 10.9 Å². The van der Waals surface area contributed by atoms with E-state index in [-0.39, 0.29) is 11.3 Å². The molecule has 1 aliphatic carbocycles. The van der Waals surface area contributed by atoms with Crippen LogP contribution in [0.15, 0.2) is 162 Å². The molecular formula is C54H61N9O3. The van der Waals surface area contributed by atoms with Gasteiger partial charge in [0.05, 0.1) is 43.0 Å². The predicted octanol–water partition coefficient (Wildman–Crippen LogP) is 13.1. The van der Waals surface area contributed by atoms with Crippen LogP contribution in [0, 0.1) is 5.92 Å². The Morgan fingerprint density at radius 1 is 1.02 bits per heavy atom. The zero-order valence-electron chi connectivity index (χ0n) is 39.5. The van der Waals surface area contributed by atoms with Crippen LogP contribution in [0.25, 0.3) is 27.8 Å². The van der Waals surface area contributed by atoms with E-state index in [4.69, 9.17) is 19.5 Å². The topological polar surface area (TPSA) is 137 Å². The number of rotatable bonds is 13. The number of hydrogen-bond donors (Lipinski definition) is 4. The molecule has 4 heterocycles. The lowest BCUT2D eigenvalue weighted by atomic mass is 9.81. The first-order chi connectivity index (χ1) is 31.8. The lowest BCUT2D eigenvalue weighted by molar-refractivity contribution is 0.355. The maximum absolute atomic E-state index is 9.98. The van der Waals surface area contributed by atoms with Gasteiger partial charge in [0.1, 0.15) is 5.76 Å². The summed E-state index contributed by atoms with van der Waals surface area (Å²) in [4.78, 5) is 16.3. The van der Waals surface area contributed by atoms with E-state index in [0.29, 0.717) is 23.1 Å². The second-order valence-electron chi connectivity index (χ2n) is 17.3. The fraction of sp³-hybridized carbons (Fsp3) is 0.259. The first-order valence-electron chi connectivity index (χ1n) is 22.3. The average molecular weight is 884 g/mol. The Hall–Kier alpha value is -7.60. The zero-order chi connectivity index (χ0) is 47.0. The molecule has 3 aromatic heterocycles. The van der Waals surface area contributed by atoms with E-state index in [0.717, 1.165) is 80.4 Å². The summed E-state index contributed by atoms with van der Waals surface area (Å²) in [6.45, 7) is 19.0. The Labute approximate surface area is 388 Å². The van der Waals surface area contributed by atoms with Crippen LogP contribution in [0.4, 0.5) is 17.2 Å². The standard InChI is InChI=1S/C27H31N5.C27H30N4O3/c1-6-14-27(4,5)22-10-12-23(13-11-22)29-26-19(3)32(15-7-2)18-25(30-26)20-8-9-21-17-28-31-24(21)16-20;1-17(2)23(32)10-8-19-6-7-20(14-18(19)3)22-16-31-13-12-28-27(31)26(30-22)29-21-9-11-24(33-4)25(15-21)34-5/h7-13,15-18H,3,6,14H2,1-2,4-5H3,(H,28,31)(H,29,30);7-16,19,32H,6H2,1-5H3,(H,29,30)/b15-7-;10-8-. The molecule has 4 N–H and O–H groups in total. The van der Waals surface area contributed by atoms with Gasteiger partial charge in [-0.1, -0.05) is 87.9 Å². The minimum absolute atomic E-state index is 0.170. The molecule has 12 nitrogen and oxygen atoms in total. The van der Waals surface area contributed by atoms with Gasteiger partial charge in [-0.3, -0.25) is 5.10 Å². The lowest BCUT2D eigenvalue weighted by Gasteiger charge is -2.27. The van der Waals surface area contributed by atoms with Gasteiger partial charge in [-0.05, 0) is 99.1 Å². The summed E-state index contributed by atoms with van der Waals surface area (Å²) in [5.41, 5.74) is 11.7. The quantitative estimate of drug-likeness (QED) is 0.0660. The monoisotopic (exact) mass is 883 g/mol. The number of allylic oxidation sites excluding steroid dienone is 8. The maximum Gasteiger partial charge on any atom is 0.180 e. The number of aromatic nitrogens is 5. The summed E-state index contributed by atoms with van der Waals surface area (Å²) in [6, 6.07) is 20.5. The molecule has 12 heteroatoms. The second kappa shape index (κ2) is 20.5. The van der Waals surface area contributed by atoms with Crippen LogP contribution in [0.3, 0.4) is 0 Å². The molecule has 6 aromatic rings. The first kappa shape index (κ1) is 46.4.